The summed E-state index contributed by atoms with van der Waals surface area (Å²) in [6.07, 6.45) is 1.56. The van der Waals surface area contributed by atoms with Crippen LogP contribution in [-0.2, 0) is 33.4 Å². The highest BCUT2D eigenvalue weighted by atomic mass is 16.5. The van der Waals surface area contributed by atoms with Gasteiger partial charge in [-0.15, -0.1) is 0 Å². The summed E-state index contributed by atoms with van der Waals surface area (Å²) in [5, 5.41) is 2.04. The molecule has 8 nitrogen and oxygen atoms in total. The number of esters is 2. The van der Waals surface area contributed by atoms with Gasteiger partial charge in [-0.2, -0.15) is 0 Å². The standard InChI is InChI=1S/C11H13NO7/c1-7(13)5-12-11(17)8(14)6-19-10(16)4-3-9(15)18-2/h3-4H,5-6H2,1-2H3,(H,12,17)/b4-3+. The van der Waals surface area contributed by atoms with Crippen LogP contribution in [0.25, 0.3) is 0 Å². The van der Waals surface area contributed by atoms with E-state index in [2.05, 4.69) is 9.47 Å². The largest absolute Gasteiger partial charge is 0.466 e. The highest BCUT2D eigenvalue weighted by Gasteiger charge is 2.15. The van der Waals surface area contributed by atoms with E-state index in [9.17, 15) is 24.0 Å². The summed E-state index contributed by atoms with van der Waals surface area (Å²) in [6.45, 7) is 0.178. The predicted octanol–water partition coefficient (Wildman–Crippen LogP) is -1.47. The first kappa shape index (κ1) is 16.5. The van der Waals surface area contributed by atoms with Crippen molar-refractivity contribution in [2.75, 3.05) is 20.3 Å². The zero-order valence-corrected chi connectivity index (χ0v) is 10.4. The van der Waals surface area contributed by atoms with E-state index in [0.29, 0.717) is 0 Å². The predicted molar refractivity (Wildman–Crippen MR) is 60.8 cm³/mol. The second-order valence-corrected chi connectivity index (χ2v) is 3.27. The molecule has 0 aromatic carbocycles. The molecule has 19 heavy (non-hydrogen) atoms. The van der Waals surface area contributed by atoms with Crippen LogP contribution in [0.4, 0.5) is 0 Å². The normalized spacial score (nSPS) is 9.79. The zero-order chi connectivity index (χ0) is 14.8. The SMILES string of the molecule is COC(=O)/C=C/C(=O)OCC(=O)C(=O)NCC(C)=O. The van der Waals surface area contributed by atoms with E-state index < -0.39 is 30.2 Å². The molecule has 0 aromatic rings. The number of ketones is 2. The highest BCUT2D eigenvalue weighted by Crippen LogP contribution is 1.86. The molecule has 0 aromatic heterocycles. The topological polar surface area (TPSA) is 116 Å². The van der Waals surface area contributed by atoms with Gasteiger partial charge in [0.05, 0.1) is 13.7 Å². The third kappa shape index (κ3) is 8.25. The maximum Gasteiger partial charge on any atom is 0.331 e. The lowest BCUT2D eigenvalue weighted by Crippen LogP contribution is -2.36. The van der Waals surface area contributed by atoms with E-state index in [4.69, 9.17) is 0 Å². The second kappa shape index (κ2) is 8.56. The van der Waals surface area contributed by atoms with Crippen LogP contribution >= 0.6 is 0 Å². The maximum atomic E-state index is 11.1. The molecule has 0 saturated carbocycles. The maximum absolute atomic E-state index is 11.1. The monoisotopic (exact) mass is 271 g/mol. The molecule has 104 valence electrons. The number of hydrogen-bond donors (Lipinski definition) is 1. The Bertz CT molecular complexity index is 425. The van der Waals surface area contributed by atoms with Gasteiger partial charge in [0, 0.05) is 12.2 Å². The van der Waals surface area contributed by atoms with Crippen molar-refractivity contribution in [1.29, 1.82) is 0 Å². The fourth-order valence-electron chi connectivity index (χ4n) is 0.758. The molecule has 8 heteroatoms. The molecule has 0 atom stereocenters. The quantitative estimate of drug-likeness (QED) is 0.341. The van der Waals surface area contributed by atoms with Crippen molar-refractivity contribution in [3.8, 4) is 0 Å². The van der Waals surface area contributed by atoms with Gasteiger partial charge in [0.1, 0.15) is 5.78 Å². The molecule has 1 amide bonds. The number of carbonyl (C=O) groups is 5. The minimum Gasteiger partial charge on any atom is -0.466 e. The molecule has 0 fully saturated rings. The van der Waals surface area contributed by atoms with E-state index in [1.54, 1.807) is 0 Å². The summed E-state index contributed by atoms with van der Waals surface area (Å²) in [4.78, 5) is 54.4. The molecule has 0 unspecified atom stereocenters. The minimum absolute atomic E-state index is 0.277. The summed E-state index contributed by atoms with van der Waals surface area (Å²) in [5.41, 5.74) is 0. The number of amides is 1. The highest BCUT2D eigenvalue weighted by molar-refractivity contribution is 6.37. The molecule has 0 radical (unpaired) electrons. The van der Waals surface area contributed by atoms with Crippen molar-refractivity contribution in [3.05, 3.63) is 12.2 Å². The molecule has 0 heterocycles. The molecule has 0 aliphatic carbocycles. The molecule has 0 saturated heterocycles. The molecule has 0 aliphatic rings. The van der Waals surface area contributed by atoms with Gasteiger partial charge in [-0.05, 0) is 6.92 Å². The van der Waals surface area contributed by atoms with Crippen molar-refractivity contribution in [2.24, 2.45) is 0 Å². The second-order valence-electron chi connectivity index (χ2n) is 3.27. The lowest BCUT2D eigenvalue weighted by atomic mass is 10.3. The van der Waals surface area contributed by atoms with Gasteiger partial charge in [-0.1, -0.05) is 0 Å². The van der Waals surface area contributed by atoms with E-state index >= 15 is 0 Å². The molecular weight excluding hydrogens is 258 g/mol. The van der Waals surface area contributed by atoms with Gasteiger partial charge in [-0.3, -0.25) is 14.4 Å². The Morgan fingerprint density at radius 1 is 1.05 bits per heavy atom. The van der Waals surface area contributed by atoms with Crippen molar-refractivity contribution in [1.82, 2.24) is 5.32 Å². The number of carbonyl (C=O) groups excluding carboxylic acids is 5. The van der Waals surface area contributed by atoms with E-state index in [-0.39, 0.29) is 12.3 Å². The summed E-state index contributed by atoms with van der Waals surface area (Å²) in [6, 6.07) is 0. The van der Waals surface area contributed by atoms with Crippen molar-refractivity contribution < 1.29 is 33.4 Å². The average Bonchev–Trinajstić information content (AvgIpc) is 2.38. The van der Waals surface area contributed by atoms with Gasteiger partial charge in [0.15, 0.2) is 6.61 Å². The Morgan fingerprint density at radius 2 is 1.63 bits per heavy atom. The van der Waals surface area contributed by atoms with Crippen LogP contribution in [0, 0.1) is 0 Å². The lowest BCUT2D eigenvalue weighted by Gasteiger charge is -2.02. The summed E-state index contributed by atoms with van der Waals surface area (Å²) >= 11 is 0. The summed E-state index contributed by atoms with van der Waals surface area (Å²) < 4.78 is 8.62. The molecule has 1 N–H and O–H groups in total. The number of rotatable bonds is 7. The Labute approximate surface area is 108 Å². The smallest absolute Gasteiger partial charge is 0.331 e. The number of ether oxygens (including phenoxy) is 2. The Kier molecular flexibility index (Phi) is 7.43. The summed E-state index contributed by atoms with van der Waals surface area (Å²) in [7, 11) is 1.13. The lowest BCUT2D eigenvalue weighted by molar-refractivity contribution is -0.147. The molecule has 0 aliphatic heterocycles. The van der Waals surface area contributed by atoms with E-state index in [0.717, 1.165) is 19.3 Å². The van der Waals surface area contributed by atoms with Gasteiger partial charge in [0.25, 0.3) is 11.7 Å². The summed E-state index contributed by atoms with van der Waals surface area (Å²) in [5.74, 6) is -4.10. The fourth-order valence-corrected chi connectivity index (χ4v) is 0.758. The van der Waals surface area contributed by atoms with Crippen molar-refractivity contribution in [2.45, 2.75) is 6.92 Å². The van der Waals surface area contributed by atoms with Crippen LogP contribution in [0.3, 0.4) is 0 Å². The van der Waals surface area contributed by atoms with Gasteiger partial charge >= 0.3 is 11.9 Å². The fraction of sp³-hybridized carbons (Fsp3) is 0.364. The first-order valence-electron chi connectivity index (χ1n) is 5.10. The number of Topliss-reactive ketones (excluding diaryl/α,β-unsaturated/α-hetero) is 2. The van der Waals surface area contributed by atoms with Gasteiger partial charge in [-0.25, -0.2) is 9.59 Å². The number of hydrogen-bond acceptors (Lipinski definition) is 7. The first-order valence-corrected chi connectivity index (χ1v) is 5.10. The Hall–Kier alpha value is -2.51. The minimum atomic E-state index is -1.03. The van der Waals surface area contributed by atoms with Crippen LogP contribution in [-0.4, -0.2) is 49.7 Å². The third-order valence-corrected chi connectivity index (χ3v) is 1.65. The number of methoxy groups -OCH3 is 1. The van der Waals surface area contributed by atoms with Crippen molar-refractivity contribution in [3.63, 3.8) is 0 Å². The van der Waals surface area contributed by atoms with Gasteiger partial charge < -0.3 is 14.8 Å². The molecule has 0 rings (SSSR count). The van der Waals surface area contributed by atoms with E-state index in [1.165, 1.54) is 6.92 Å². The number of nitrogens with one attached hydrogen (secondary N) is 1. The molecule has 0 spiro atoms. The van der Waals surface area contributed by atoms with Crippen LogP contribution in [0.1, 0.15) is 6.92 Å². The Morgan fingerprint density at radius 3 is 2.16 bits per heavy atom. The van der Waals surface area contributed by atoms with Crippen LogP contribution < -0.4 is 5.32 Å². The first-order chi connectivity index (χ1) is 8.86. The average molecular weight is 271 g/mol. The van der Waals surface area contributed by atoms with Crippen LogP contribution in [0.5, 0.6) is 0 Å². The van der Waals surface area contributed by atoms with Crippen LogP contribution in [0.15, 0.2) is 12.2 Å². The zero-order valence-electron chi connectivity index (χ0n) is 10.4. The van der Waals surface area contributed by atoms with E-state index in [1.807, 2.05) is 5.32 Å². The van der Waals surface area contributed by atoms with Crippen LogP contribution in [0.2, 0.25) is 0 Å². The third-order valence-electron chi connectivity index (χ3n) is 1.65. The van der Waals surface area contributed by atoms with Gasteiger partial charge in [0.2, 0.25) is 0 Å². The molecular formula is C11H13NO7. The van der Waals surface area contributed by atoms with Crippen molar-refractivity contribution >= 4 is 29.4 Å². The Balaban J connectivity index is 4.05. The molecule has 0 bridgehead atoms.